The summed E-state index contributed by atoms with van der Waals surface area (Å²) in [6.07, 6.45) is 7.75. The molecule has 0 saturated heterocycles. The molecule has 6 fully saturated rings. The van der Waals surface area contributed by atoms with Crippen LogP contribution in [0.5, 0.6) is 0 Å². The highest BCUT2D eigenvalue weighted by Crippen LogP contribution is 2.72. The Morgan fingerprint density at radius 3 is 1.44 bits per heavy atom. The van der Waals surface area contributed by atoms with Crippen molar-refractivity contribution in [3.63, 3.8) is 0 Å². The monoisotopic (exact) mass is 794 g/mol. The molecule has 0 aliphatic heterocycles. The third-order valence-electron chi connectivity index (χ3n) is 17.9. The molecule has 0 heterocycles. The van der Waals surface area contributed by atoms with Gasteiger partial charge in [0.05, 0.1) is 25.4 Å². The Balaban J connectivity index is 0.921. The lowest BCUT2D eigenvalue weighted by Crippen LogP contribution is -2.69. The van der Waals surface area contributed by atoms with Crippen LogP contribution in [0.2, 0.25) is 0 Å². The van der Waals surface area contributed by atoms with E-state index in [0.717, 1.165) is 0 Å². The molecular formula is C44H57BF2O10. The third kappa shape index (κ3) is 4.90. The lowest BCUT2D eigenvalue weighted by atomic mass is 9.44. The van der Waals surface area contributed by atoms with Gasteiger partial charge in [0.1, 0.15) is 11.2 Å². The lowest BCUT2D eigenvalue weighted by molar-refractivity contribution is -0.219. The number of alkyl halides is 2. The summed E-state index contributed by atoms with van der Waals surface area (Å²) in [5, 5.41) is 47.8. The Hall–Kier alpha value is -2.68. The van der Waals surface area contributed by atoms with E-state index in [1.807, 2.05) is 0 Å². The van der Waals surface area contributed by atoms with Gasteiger partial charge in [-0.05, 0) is 113 Å². The fraction of sp³-hybridized carbons (Fsp3) is 0.727. The van der Waals surface area contributed by atoms with Crippen molar-refractivity contribution in [1.82, 2.24) is 0 Å². The van der Waals surface area contributed by atoms with E-state index in [-0.39, 0.29) is 24.4 Å². The smallest absolute Gasteiger partial charge is 0.407 e. The molecule has 0 aromatic rings. The lowest BCUT2D eigenvalue weighted by Gasteiger charge is -2.62. The van der Waals surface area contributed by atoms with Gasteiger partial charge in [0.15, 0.2) is 34.5 Å². The van der Waals surface area contributed by atoms with Gasteiger partial charge in [-0.1, -0.05) is 51.0 Å². The van der Waals surface area contributed by atoms with Crippen LogP contribution in [0.1, 0.15) is 92.9 Å². The van der Waals surface area contributed by atoms with Crippen molar-refractivity contribution in [2.45, 2.75) is 128 Å². The van der Waals surface area contributed by atoms with E-state index >= 15 is 8.78 Å². The predicted molar refractivity (Wildman–Crippen MR) is 205 cm³/mol. The Kier molecular flexibility index (Phi) is 9.31. The molecule has 8 aliphatic carbocycles. The highest BCUT2D eigenvalue weighted by molar-refractivity contribution is 6.19. The molecule has 0 amide bonds. The van der Waals surface area contributed by atoms with Gasteiger partial charge in [-0.25, -0.2) is 8.78 Å². The van der Waals surface area contributed by atoms with Gasteiger partial charge in [0.25, 0.3) is 0 Å². The van der Waals surface area contributed by atoms with E-state index in [1.54, 1.807) is 53.7 Å². The minimum absolute atomic E-state index is 0.171. The topological polar surface area (TPSA) is 168 Å². The molecule has 10 nitrogen and oxygen atoms in total. The number of carbonyl (C=O) groups is 4. The number of allylic oxidation sites excluding steroid dienone is 8. The van der Waals surface area contributed by atoms with Gasteiger partial charge < -0.3 is 29.7 Å². The van der Waals surface area contributed by atoms with Crippen molar-refractivity contribution in [3.05, 3.63) is 47.6 Å². The fourth-order valence-electron chi connectivity index (χ4n) is 14.8. The number of aliphatic hydroxyl groups is 4. The molecule has 6 saturated carbocycles. The Morgan fingerprint density at radius 1 is 0.702 bits per heavy atom. The minimum atomic E-state index is -2.10. The number of hydrogen-bond donors (Lipinski definition) is 4. The molecule has 13 heteroatoms. The second-order valence-electron chi connectivity index (χ2n) is 20.0. The summed E-state index contributed by atoms with van der Waals surface area (Å²) in [4.78, 5) is 52.3. The number of fused-ring (bicyclic) bond motifs is 10. The Labute approximate surface area is 333 Å². The molecule has 0 spiro atoms. The number of rotatable bonds is 8. The van der Waals surface area contributed by atoms with Crippen LogP contribution in [0.25, 0.3) is 0 Å². The Morgan fingerprint density at radius 2 is 1.07 bits per heavy atom. The van der Waals surface area contributed by atoms with Gasteiger partial charge >= 0.3 is 7.69 Å². The van der Waals surface area contributed by atoms with Crippen molar-refractivity contribution in [2.24, 2.45) is 57.2 Å². The second kappa shape index (κ2) is 12.9. The van der Waals surface area contributed by atoms with Crippen LogP contribution in [0, 0.1) is 57.2 Å². The van der Waals surface area contributed by atoms with Gasteiger partial charge in [-0.3, -0.25) is 19.2 Å². The van der Waals surface area contributed by atoms with Gasteiger partial charge in [0.2, 0.25) is 0 Å². The normalized spacial score (nSPS) is 52.1. The molecule has 4 N–H and O–H groups in total. The van der Waals surface area contributed by atoms with E-state index in [9.17, 15) is 39.6 Å². The maximum Gasteiger partial charge on any atom is 0.438 e. The number of halogens is 2. The molecule has 0 aromatic heterocycles. The summed E-state index contributed by atoms with van der Waals surface area (Å²) in [7, 11) is -0.512. The average Bonchev–Trinajstić information content (AvgIpc) is 3.48. The summed E-state index contributed by atoms with van der Waals surface area (Å²) >= 11 is 0. The van der Waals surface area contributed by atoms with Crippen molar-refractivity contribution in [3.8, 4) is 0 Å². The summed E-state index contributed by atoms with van der Waals surface area (Å²) in [5.74, 6) is -5.09. The van der Waals surface area contributed by atoms with E-state index in [0.29, 0.717) is 49.7 Å². The molecule has 0 radical (unpaired) electrons. The highest BCUT2D eigenvalue weighted by Gasteiger charge is 2.77. The molecule has 310 valence electrons. The van der Waals surface area contributed by atoms with Crippen LogP contribution < -0.4 is 0 Å². The van der Waals surface area contributed by atoms with Crippen LogP contribution in [0.15, 0.2) is 47.6 Å². The molecule has 57 heavy (non-hydrogen) atoms. The first-order chi connectivity index (χ1) is 26.5. The average molecular weight is 795 g/mol. The summed E-state index contributed by atoms with van der Waals surface area (Å²) in [6.45, 7) is 9.28. The largest absolute Gasteiger partial charge is 0.438 e. The van der Waals surface area contributed by atoms with Crippen LogP contribution in [0.3, 0.4) is 0 Å². The number of aliphatic hydroxyl groups excluding tert-OH is 2. The van der Waals surface area contributed by atoms with Gasteiger partial charge in [-0.2, -0.15) is 0 Å². The zero-order chi connectivity index (χ0) is 41.5. The third-order valence-corrected chi connectivity index (χ3v) is 17.9. The molecule has 8 aliphatic rings. The first kappa shape index (κ1) is 41.1. The van der Waals surface area contributed by atoms with Crippen molar-refractivity contribution in [1.29, 1.82) is 0 Å². The SMILES string of the molecule is CC1CC2C3CCC4=CC(=O)C=CC4(C)C3(F)C(O)CC2(C)C1(O)C(=O)COBOCC(=O)C1(O)C(C)CC2C3CCC4=CC(=O)C=CC4(C)C3(F)C(O)CC21C. The number of ketones is 4. The maximum atomic E-state index is 17.5. The molecular weight excluding hydrogens is 737 g/mol. The number of carbonyl (C=O) groups excluding carboxylic acids is 4. The first-order valence-electron chi connectivity index (χ1n) is 20.8. The van der Waals surface area contributed by atoms with Crippen molar-refractivity contribution in [2.75, 3.05) is 13.2 Å². The van der Waals surface area contributed by atoms with E-state index in [4.69, 9.17) is 9.31 Å². The molecule has 0 bridgehead atoms. The van der Waals surface area contributed by atoms with Crippen LogP contribution in [-0.4, -0.2) is 99.2 Å². The predicted octanol–water partition coefficient (Wildman–Crippen LogP) is 4.12. The van der Waals surface area contributed by atoms with E-state index in [2.05, 4.69) is 0 Å². The summed E-state index contributed by atoms with van der Waals surface area (Å²) in [6, 6.07) is 0. The van der Waals surface area contributed by atoms with Crippen LogP contribution in [-0.2, 0) is 28.5 Å². The first-order valence-corrected chi connectivity index (χ1v) is 20.8. The molecule has 16 atom stereocenters. The zero-order valence-electron chi connectivity index (χ0n) is 33.9. The second-order valence-corrected chi connectivity index (χ2v) is 20.0. The molecule has 16 unspecified atom stereocenters. The van der Waals surface area contributed by atoms with Crippen LogP contribution in [0.4, 0.5) is 8.78 Å². The maximum absolute atomic E-state index is 17.5. The van der Waals surface area contributed by atoms with Gasteiger partial charge in [0, 0.05) is 33.5 Å². The van der Waals surface area contributed by atoms with Crippen molar-refractivity contribution >= 4 is 30.8 Å². The fourth-order valence-corrected chi connectivity index (χ4v) is 14.8. The molecule has 0 aromatic carbocycles. The molecule has 8 rings (SSSR count). The standard InChI is InChI=1S/C44H57BF2O10/c1-23-15-31-29-9-7-25-17-27(48)11-13-37(25,3)41(29,46)33(50)19-39(31,5)43(23,54)35(52)21-56-45-57-22-36(53)44(55)24(2)16-32-30-10-8-26-18-28(49)12-14-38(26,4)42(30,47)34(51)20-40(32,44)6/h11-14,17-18,23-24,29-34,45,50-51,54-55H,7-10,15-16,19-22H2,1-6H3. The number of hydrogen-bond acceptors (Lipinski definition) is 10. The zero-order valence-corrected chi connectivity index (χ0v) is 33.9. The van der Waals surface area contributed by atoms with E-state index < -0.39 is 124 Å². The number of Topliss-reactive ketones (excluding diaryl/α,β-unsaturated/α-hetero) is 2. The highest BCUT2D eigenvalue weighted by atomic mass is 19.1. The minimum Gasteiger partial charge on any atom is -0.407 e. The summed E-state index contributed by atoms with van der Waals surface area (Å²) < 4.78 is 46.2. The van der Waals surface area contributed by atoms with E-state index in [1.165, 1.54) is 24.3 Å². The van der Waals surface area contributed by atoms with Crippen LogP contribution >= 0.6 is 0 Å². The van der Waals surface area contributed by atoms with Gasteiger partial charge in [-0.15, -0.1) is 0 Å². The Bertz CT molecular complexity index is 1800. The summed E-state index contributed by atoms with van der Waals surface area (Å²) in [5.41, 5.74) is -11.6. The van der Waals surface area contributed by atoms with Crippen molar-refractivity contribution < 1.29 is 57.7 Å². The quantitative estimate of drug-likeness (QED) is 0.207.